The van der Waals surface area contributed by atoms with Crippen molar-refractivity contribution >= 4 is 28.7 Å². The van der Waals surface area contributed by atoms with Crippen LogP contribution in [0.5, 0.6) is 0 Å². The van der Waals surface area contributed by atoms with E-state index >= 15 is 0 Å². The number of ketones is 1. The number of rotatable bonds is 3. The van der Waals surface area contributed by atoms with E-state index < -0.39 is 0 Å². The van der Waals surface area contributed by atoms with Crippen molar-refractivity contribution in [3.63, 3.8) is 0 Å². The molecule has 1 aromatic heterocycles. The van der Waals surface area contributed by atoms with Gasteiger partial charge in [-0.3, -0.25) is 4.79 Å². The lowest BCUT2D eigenvalue weighted by Gasteiger charge is -2.12. The van der Waals surface area contributed by atoms with Crippen LogP contribution in [-0.4, -0.2) is 18.4 Å². The molecule has 1 N–H and O–H groups in total. The van der Waals surface area contributed by atoms with Crippen LogP contribution in [-0.2, 0) is 11.2 Å². The Labute approximate surface area is 98.6 Å². The molecule has 2 nitrogen and oxygen atoms in total. The number of halogens is 1. The molecule has 2 rings (SSSR count). The fourth-order valence-electron chi connectivity index (χ4n) is 2.05. The van der Waals surface area contributed by atoms with Gasteiger partial charge in [0.05, 0.1) is 4.34 Å². The van der Waals surface area contributed by atoms with Crippen molar-refractivity contribution in [3.05, 3.63) is 21.3 Å². The number of thiophene rings is 1. The Kier molecular flexibility index (Phi) is 3.44. The standard InChI is InChI=1S/C11H14ClNOS/c1-7-9(4-5-13-7)10(14)6-8-2-3-11(12)15-8/h2-3,7,9,13H,4-6H2,1H3. The highest BCUT2D eigenvalue weighted by molar-refractivity contribution is 7.16. The van der Waals surface area contributed by atoms with Gasteiger partial charge in [0.25, 0.3) is 0 Å². The molecule has 4 heteroatoms. The Morgan fingerprint density at radius 1 is 1.67 bits per heavy atom. The van der Waals surface area contributed by atoms with Crippen LogP contribution >= 0.6 is 22.9 Å². The average molecular weight is 244 g/mol. The number of Topliss-reactive ketones (excluding diaryl/α,β-unsaturated/α-hetero) is 1. The summed E-state index contributed by atoms with van der Waals surface area (Å²) in [7, 11) is 0. The topological polar surface area (TPSA) is 29.1 Å². The Morgan fingerprint density at radius 2 is 2.47 bits per heavy atom. The minimum Gasteiger partial charge on any atom is -0.314 e. The van der Waals surface area contributed by atoms with Gasteiger partial charge in [-0.1, -0.05) is 11.6 Å². The van der Waals surface area contributed by atoms with E-state index in [-0.39, 0.29) is 5.92 Å². The first-order valence-electron chi connectivity index (χ1n) is 5.17. The predicted octanol–water partition coefficient (Wildman–Crippen LogP) is 2.51. The summed E-state index contributed by atoms with van der Waals surface area (Å²) in [6, 6.07) is 4.12. The van der Waals surface area contributed by atoms with Gasteiger partial charge in [-0.05, 0) is 32.0 Å². The molecule has 0 bridgehead atoms. The van der Waals surface area contributed by atoms with Crippen molar-refractivity contribution in [2.75, 3.05) is 6.54 Å². The zero-order valence-corrected chi connectivity index (χ0v) is 10.2. The zero-order chi connectivity index (χ0) is 10.8. The van der Waals surface area contributed by atoms with E-state index in [4.69, 9.17) is 11.6 Å². The van der Waals surface area contributed by atoms with Crippen LogP contribution in [0.15, 0.2) is 12.1 Å². The molecule has 1 aliphatic heterocycles. The van der Waals surface area contributed by atoms with Crippen molar-refractivity contribution < 1.29 is 4.79 Å². The van der Waals surface area contributed by atoms with E-state index in [0.29, 0.717) is 18.2 Å². The lowest BCUT2D eigenvalue weighted by atomic mass is 9.94. The maximum Gasteiger partial charge on any atom is 0.142 e. The van der Waals surface area contributed by atoms with Gasteiger partial charge in [0, 0.05) is 23.3 Å². The summed E-state index contributed by atoms with van der Waals surface area (Å²) < 4.78 is 0.760. The van der Waals surface area contributed by atoms with Gasteiger partial charge >= 0.3 is 0 Å². The average Bonchev–Trinajstić information content (AvgIpc) is 2.75. The molecule has 0 amide bonds. The SMILES string of the molecule is CC1NCCC1C(=O)Cc1ccc(Cl)s1. The molecule has 0 aromatic carbocycles. The van der Waals surface area contributed by atoms with Crippen LogP contribution in [0, 0.1) is 5.92 Å². The minimum absolute atomic E-state index is 0.186. The third kappa shape index (κ3) is 2.60. The molecule has 82 valence electrons. The van der Waals surface area contributed by atoms with Crippen LogP contribution in [0.4, 0.5) is 0 Å². The van der Waals surface area contributed by atoms with Crippen molar-refractivity contribution in [2.45, 2.75) is 25.8 Å². The third-order valence-electron chi connectivity index (χ3n) is 2.92. The van der Waals surface area contributed by atoms with E-state index in [1.807, 2.05) is 12.1 Å². The van der Waals surface area contributed by atoms with Gasteiger partial charge in [0.15, 0.2) is 0 Å². The zero-order valence-electron chi connectivity index (χ0n) is 8.63. The highest BCUT2D eigenvalue weighted by Crippen LogP contribution is 2.24. The first-order chi connectivity index (χ1) is 7.16. The van der Waals surface area contributed by atoms with E-state index in [9.17, 15) is 4.79 Å². The number of hydrogen-bond donors (Lipinski definition) is 1. The molecule has 2 unspecified atom stereocenters. The molecule has 1 saturated heterocycles. The van der Waals surface area contributed by atoms with Gasteiger partial charge in [-0.2, -0.15) is 0 Å². The maximum absolute atomic E-state index is 12.0. The van der Waals surface area contributed by atoms with E-state index in [1.165, 1.54) is 11.3 Å². The minimum atomic E-state index is 0.186. The summed E-state index contributed by atoms with van der Waals surface area (Å²) in [5.41, 5.74) is 0. The van der Waals surface area contributed by atoms with Crippen molar-refractivity contribution in [3.8, 4) is 0 Å². The molecule has 0 saturated carbocycles. The van der Waals surface area contributed by atoms with Crippen LogP contribution < -0.4 is 5.32 Å². The molecule has 0 spiro atoms. The van der Waals surface area contributed by atoms with E-state index in [2.05, 4.69) is 12.2 Å². The second-order valence-corrected chi connectivity index (χ2v) is 5.79. The van der Waals surface area contributed by atoms with Gasteiger partial charge in [-0.15, -0.1) is 11.3 Å². The van der Waals surface area contributed by atoms with Crippen LogP contribution in [0.3, 0.4) is 0 Å². The van der Waals surface area contributed by atoms with Gasteiger partial charge in [-0.25, -0.2) is 0 Å². The van der Waals surface area contributed by atoms with Crippen LogP contribution in [0.1, 0.15) is 18.2 Å². The summed E-state index contributed by atoms with van der Waals surface area (Å²) in [6.45, 7) is 3.04. The van der Waals surface area contributed by atoms with E-state index in [0.717, 1.165) is 22.2 Å². The van der Waals surface area contributed by atoms with Gasteiger partial charge in [0.2, 0.25) is 0 Å². The van der Waals surface area contributed by atoms with Crippen molar-refractivity contribution in [2.24, 2.45) is 5.92 Å². The number of hydrogen-bond acceptors (Lipinski definition) is 3. The van der Waals surface area contributed by atoms with E-state index in [1.54, 1.807) is 0 Å². The van der Waals surface area contributed by atoms with Crippen LogP contribution in [0.25, 0.3) is 0 Å². The molecule has 2 heterocycles. The normalized spacial score (nSPS) is 25.7. The number of nitrogens with one attached hydrogen (secondary N) is 1. The fraction of sp³-hybridized carbons (Fsp3) is 0.545. The maximum atomic E-state index is 12.0. The van der Waals surface area contributed by atoms with Gasteiger partial charge < -0.3 is 5.32 Å². The molecule has 0 aliphatic carbocycles. The highest BCUT2D eigenvalue weighted by Gasteiger charge is 2.29. The summed E-state index contributed by atoms with van der Waals surface area (Å²) >= 11 is 7.33. The predicted molar refractivity (Wildman–Crippen MR) is 63.6 cm³/mol. The molecule has 1 fully saturated rings. The Morgan fingerprint density at radius 3 is 3.00 bits per heavy atom. The lowest BCUT2D eigenvalue weighted by Crippen LogP contribution is -2.28. The fourth-order valence-corrected chi connectivity index (χ4v) is 3.15. The number of carbonyl (C=O) groups excluding carboxylic acids is 1. The molecular formula is C11H14ClNOS. The Bertz CT molecular complexity index is 363. The molecule has 15 heavy (non-hydrogen) atoms. The molecular weight excluding hydrogens is 230 g/mol. The van der Waals surface area contributed by atoms with Crippen molar-refractivity contribution in [1.29, 1.82) is 0 Å². The molecule has 0 radical (unpaired) electrons. The first kappa shape index (κ1) is 11.1. The quantitative estimate of drug-likeness (QED) is 0.884. The molecule has 1 aromatic rings. The smallest absolute Gasteiger partial charge is 0.142 e. The number of carbonyl (C=O) groups is 1. The molecule has 1 aliphatic rings. The Hall–Kier alpha value is -0.380. The monoisotopic (exact) mass is 243 g/mol. The summed E-state index contributed by atoms with van der Waals surface area (Å²) in [6.07, 6.45) is 1.51. The third-order valence-corrected chi connectivity index (χ3v) is 4.15. The summed E-state index contributed by atoms with van der Waals surface area (Å²) in [5.74, 6) is 0.525. The van der Waals surface area contributed by atoms with Gasteiger partial charge in [0.1, 0.15) is 5.78 Å². The van der Waals surface area contributed by atoms with Crippen LogP contribution in [0.2, 0.25) is 4.34 Å². The largest absolute Gasteiger partial charge is 0.314 e. The second kappa shape index (κ2) is 4.64. The highest BCUT2D eigenvalue weighted by atomic mass is 35.5. The second-order valence-electron chi connectivity index (χ2n) is 3.99. The Balaban J connectivity index is 1.97. The summed E-state index contributed by atoms with van der Waals surface area (Å²) in [5, 5.41) is 3.30. The summed E-state index contributed by atoms with van der Waals surface area (Å²) in [4.78, 5) is 13.0. The lowest BCUT2D eigenvalue weighted by molar-refractivity contribution is -0.122. The van der Waals surface area contributed by atoms with Crippen molar-refractivity contribution in [1.82, 2.24) is 5.32 Å². The first-order valence-corrected chi connectivity index (χ1v) is 6.36. The molecule has 2 atom stereocenters.